The van der Waals surface area contributed by atoms with Gasteiger partial charge in [0.2, 0.25) is 23.5 Å². The monoisotopic (exact) mass is 686 g/mol. The average Bonchev–Trinajstić information content (AvgIpc) is 3.52. The van der Waals surface area contributed by atoms with Crippen molar-refractivity contribution in [2.45, 2.75) is 143 Å². The number of Topliss-reactive ketones (excluding diaryl/α,β-unsaturated/α-hetero) is 1. The quantitative estimate of drug-likeness (QED) is 0.161. The van der Waals surface area contributed by atoms with E-state index in [9.17, 15) is 28.8 Å². The minimum atomic E-state index is -1.01. The zero-order valence-corrected chi connectivity index (χ0v) is 31.0. The Morgan fingerprint density at radius 3 is 2.22 bits per heavy atom. The molecule has 3 aliphatic rings. The van der Waals surface area contributed by atoms with Gasteiger partial charge in [-0.2, -0.15) is 0 Å². The largest absolute Gasteiger partial charge is 0.346 e. The van der Waals surface area contributed by atoms with Crippen LogP contribution in [0.5, 0.6) is 0 Å². The molecule has 0 aromatic heterocycles. The van der Waals surface area contributed by atoms with Gasteiger partial charge in [-0.05, 0) is 54.8 Å². The zero-order valence-electron chi connectivity index (χ0n) is 31.0. The molecule has 4 atom stereocenters. The fraction of sp³-hybridized carbons (Fsp3) is 0.784. The van der Waals surface area contributed by atoms with Gasteiger partial charge in [0.1, 0.15) is 12.1 Å². The predicted octanol–water partition coefficient (Wildman–Crippen LogP) is 3.84. The van der Waals surface area contributed by atoms with E-state index in [4.69, 9.17) is 0 Å². The smallest absolute Gasteiger partial charge is 0.315 e. The second-order valence-electron chi connectivity index (χ2n) is 16.5. The van der Waals surface area contributed by atoms with E-state index in [1.165, 1.54) is 6.08 Å². The minimum Gasteiger partial charge on any atom is -0.346 e. The number of hydrogen-bond acceptors (Lipinski definition) is 6. The van der Waals surface area contributed by atoms with Crippen LogP contribution < -0.4 is 21.3 Å². The maximum atomic E-state index is 14.5. The SMILES string of the molecule is C=CCNC(=O)C(=O)C(CCC)NC(=O)C1CCCN1C(=O)C(NC(=O)NC(CN1CCC(C)(C)CC1=O)C(C)(C)C)C1(C)CCCCC1. The van der Waals surface area contributed by atoms with Gasteiger partial charge in [-0.15, -0.1) is 6.58 Å². The Bertz CT molecular complexity index is 1240. The zero-order chi connectivity index (χ0) is 36.6. The lowest BCUT2D eigenvalue weighted by atomic mass is 9.70. The Kier molecular flexibility index (Phi) is 13.9. The molecular formula is C37H62N6O6. The van der Waals surface area contributed by atoms with Crippen LogP contribution in [0.2, 0.25) is 0 Å². The van der Waals surface area contributed by atoms with Crippen molar-refractivity contribution in [3.8, 4) is 0 Å². The summed E-state index contributed by atoms with van der Waals surface area (Å²) in [5.41, 5.74) is -0.937. The molecule has 1 saturated carbocycles. The fourth-order valence-corrected chi connectivity index (χ4v) is 7.34. The number of likely N-dealkylation sites (tertiary alicyclic amines) is 2. The molecule has 6 amide bonds. The van der Waals surface area contributed by atoms with Crippen molar-refractivity contribution in [2.75, 3.05) is 26.2 Å². The molecule has 0 radical (unpaired) electrons. The summed E-state index contributed by atoms with van der Waals surface area (Å²) >= 11 is 0. The van der Waals surface area contributed by atoms with Crippen molar-refractivity contribution in [1.29, 1.82) is 0 Å². The average molecular weight is 687 g/mol. The molecule has 1 aliphatic carbocycles. The van der Waals surface area contributed by atoms with Gasteiger partial charge in [-0.25, -0.2) is 4.79 Å². The highest BCUT2D eigenvalue weighted by molar-refractivity contribution is 6.38. The molecule has 3 rings (SSSR count). The minimum absolute atomic E-state index is 0.0462. The molecule has 0 bridgehead atoms. The van der Waals surface area contributed by atoms with Crippen molar-refractivity contribution in [3.63, 3.8) is 0 Å². The summed E-state index contributed by atoms with van der Waals surface area (Å²) in [6.07, 6.45) is 9.10. The first-order valence-corrected chi connectivity index (χ1v) is 18.3. The van der Waals surface area contributed by atoms with Crippen molar-refractivity contribution in [3.05, 3.63) is 12.7 Å². The first-order valence-electron chi connectivity index (χ1n) is 18.3. The van der Waals surface area contributed by atoms with E-state index >= 15 is 0 Å². The second kappa shape index (κ2) is 17.0. The van der Waals surface area contributed by atoms with E-state index in [0.717, 1.165) is 38.5 Å². The van der Waals surface area contributed by atoms with Gasteiger partial charge in [0, 0.05) is 32.6 Å². The number of nitrogens with zero attached hydrogens (tertiary/aromatic N) is 2. The number of carbonyl (C=O) groups excluding carboxylic acids is 6. The molecule has 276 valence electrons. The van der Waals surface area contributed by atoms with E-state index in [0.29, 0.717) is 45.3 Å². The molecule has 2 saturated heterocycles. The van der Waals surface area contributed by atoms with Crippen LogP contribution in [0.1, 0.15) is 119 Å². The molecule has 3 fully saturated rings. The number of hydrogen-bond donors (Lipinski definition) is 4. The van der Waals surface area contributed by atoms with Gasteiger partial charge >= 0.3 is 6.03 Å². The molecule has 0 aromatic carbocycles. The van der Waals surface area contributed by atoms with Gasteiger partial charge in [0.25, 0.3) is 5.91 Å². The van der Waals surface area contributed by atoms with Crippen LogP contribution in [0.15, 0.2) is 12.7 Å². The number of amides is 6. The Morgan fingerprint density at radius 1 is 0.959 bits per heavy atom. The topological polar surface area (TPSA) is 157 Å². The van der Waals surface area contributed by atoms with Crippen LogP contribution >= 0.6 is 0 Å². The lowest BCUT2D eigenvalue weighted by Gasteiger charge is -2.43. The molecule has 4 N–H and O–H groups in total. The third-order valence-electron chi connectivity index (χ3n) is 10.7. The molecule has 12 nitrogen and oxygen atoms in total. The summed E-state index contributed by atoms with van der Waals surface area (Å²) in [5, 5.41) is 11.4. The summed E-state index contributed by atoms with van der Waals surface area (Å²) < 4.78 is 0. The molecule has 2 aliphatic heterocycles. The number of ketones is 1. The summed E-state index contributed by atoms with van der Waals surface area (Å²) in [7, 11) is 0. The third kappa shape index (κ3) is 10.8. The Labute approximate surface area is 293 Å². The Hall–Kier alpha value is -3.44. The molecule has 0 spiro atoms. The number of carbonyl (C=O) groups is 6. The van der Waals surface area contributed by atoms with Crippen molar-refractivity contribution in [1.82, 2.24) is 31.1 Å². The van der Waals surface area contributed by atoms with Crippen LogP contribution in [0, 0.1) is 16.2 Å². The first-order chi connectivity index (χ1) is 22.9. The van der Waals surface area contributed by atoms with Crippen molar-refractivity contribution in [2.24, 2.45) is 16.2 Å². The van der Waals surface area contributed by atoms with Crippen LogP contribution in [0.3, 0.4) is 0 Å². The summed E-state index contributed by atoms with van der Waals surface area (Å²) in [4.78, 5) is 83.6. The predicted molar refractivity (Wildman–Crippen MR) is 189 cm³/mol. The molecule has 12 heteroatoms. The highest BCUT2D eigenvalue weighted by Crippen LogP contribution is 2.40. The summed E-state index contributed by atoms with van der Waals surface area (Å²) in [5.74, 6) is -2.25. The lowest BCUT2D eigenvalue weighted by Crippen LogP contribution is -2.63. The van der Waals surface area contributed by atoms with Gasteiger partial charge in [0.15, 0.2) is 0 Å². The van der Waals surface area contributed by atoms with E-state index in [2.05, 4.69) is 41.7 Å². The van der Waals surface area contributed by atoms with Crippen LogP contribution in [0.4, 0.5) is 4.79 Å². The molecule has 49 heavy (non-hydrogen) atoms. The Morgan fingerprint density at radius 2 is 1.63 bits per heavy atom. The second-order valence-corrected chi connectivity index (χ2v) is 16.5. The van der Waals surface area contributed by atoms with E-state index in [1.54, 1.807) is 4.90 Å². The molecular weight excluding hydrogens is 624 g/mol. The van der Waals surface area contributed by atoms with Crippen molar-refractivity contribution < 1.29 is 28.8 Å². The normalized spacial score (nSPS) is 22.3. The number of urea groups is 1. The summed E-state index contributed by atoms with van der Waals surface area (Å²) in [6.45, 7) is 19.2. The number of rotatable bonds is 14. The number of nitrogens with one attached hydrogen (secondary N) is 4. The molecule has 0 aromatic rings. The van der Waals surface area contributed by atoms with E-state index in [1.807, 2.05) is 39.5 Å². The van der Waals surface area contributed by atoms with Crippen molar-refractivity contribution >= 4 is 35.4 Å². The highest BCUT2D eigenvalue weighted by Gasteiger charge is 2.47. The third-order valence-corrected chi connectivity index (χ3v) is 10.7. The Balaban J connectivity index is 1.79. The first kappa shape index (κ1) is 40.0. The van der Waals surface area contributed by atoms with Gasteiger partial charge in [-0.1, -0.05) is 80.2 Å². The maximum Gasteiger partial charge on any atom is 0.315 e. The summed E-state index contributed by atoms with van der Waals surface area (Å²) in [6, 6.07) is -3.56. The fourth-order valence-electron chi connectivity index (χ4n) is 7.34. The number of piperidine rings is 1. The van der Waals surface area contributed by atoms with Crippen LogP contribution in [-0.2, 0) is 24.0 Å². The highest BCUT2D eigenvalue weighted by atomic mass is 16.2. The molecule has 2 heterocycles. The van der Waals surface area contributed by atoms with Gasteiger partial charge < -0.3 is 31.1 Å². The van der Waals surface area contributed by atoms with Gasteiger partial charge in [0.05, 0.1) is 12.1 Å². The lowest BCUT2D eigenvalue weighted by molar-refractivity contribution is -0.144. The standard InChI is InChI=1S/C37H62N6O6/c1-9-15-25(29(45)32(47)38-20-10-2)39-31(46)26-16-14-21-43(26)33(48)30(37(8)17-12-11-13-18-37)41-34(49)40-27(35(3,4)5)24-42-22-19-36(6,7)23-28(42)44/h10,25-27,30H,2,9,11-24H2,1,3-8H3,(H,38,47)(H,39,46)(H2,40,41,49). The maximum absolute atomic E-state index is 14.5. The van der Waals surface area contributed by atoms with E-state index in [-0.39, 0.29) is 41.7 Å². The van der Waals surface area contributed by atoms with Crippen LogP contribution in [0.25, 0.3) is 0 Å². The van der Waals surface area contributed by atoms with Gasteiger partial charge in [-0.3, -0.25) is 24.0 Å². The van der Waals surface area contributed by atoms with E-state index < -0.39 is 47.2 Å². The van der Waals surface area contributed by atoms with Crippen LogP contribution in [-0.4, -0.2) is 95.6 Å². The molecule has 4 unspecified atom stereocenters.